The van der Waals surface area contributed by atoms with Gasteiger partial charge in [-0.3, -0.25) is 10.1 Å². The number of hydrogen-bond acceptors (Lipinski definition) is 4. The number of benzene rings is 2. The van der Waals surface area contributed by atoms with Crippen LogP contribution in [0.5, 0.6) is 0 Å². The van der Waals surface area contributed by atoms with Crippen LogP contribution in [-0.2, 0) is 11.2 Å². The topological polar surface area (TPSA) is 65.8 Å². The van der Waals surface area contributed by atoms with E-state index in [1.807, 2.05) is 36.4 Å². The highest BCUT2D eigenvalue weighted by atomic mass is 32.1. The quantitative estimate of drug-likeness (QED) is 0.539. The van der Waals surface area contributed by atoms with Crippen LogP contribution >= 0.6 is 11.3 Å². The lowest BCUT2D eigenvalue weighted by Gasteiger charge is -2.00. The number of hydrogen-bond donors (Lipinski definition) is 1. The fourth-order valence-corrected chi connectivity index (χ4v) is 3.12. The molecule has 2 aromatic carbocycles. The standard InChI is InChI=1S/C20H14FN3OS/c21-17-8-6-15(7-9-17)11-18-13-23-20(26-18)24-19(25)16(12-22)10-14-4-2-1-3-5-14/h1-10,13H,11H2,(H,23,24,25). The maximum atomic E-state index is 12.9. The average molecular weight is 363 g/mol. The van der Waals surface area contributed by atoms with E-state index in [1.54, 1.807) is 18.3 Å². The Balaban J connectivity index is 1.68. The summed E-state index contributed by atoms with van der Waals surface area (Å²) in [5.41, 5.74) is 1.73. The van der Waals surface area contributed by atoms with Crippen molar-refractivity contribution in [1.29, 1.82) is 5.26 Å². The van der Waals surface area contributed by atoms with Crippen molar-refractivity contribution in [3.63, 3.8) is 0 Å². The first-order chi connectivity index (χ1) is 12.6. The van der Waals surface area contributed by atoms with Crippen molar-refractivity contribution in [1.82, 2.24) is 4.98 Å². The van der Waals surface area contributed by atoms with Crippen LogP contribution in [0.15, 0.2) is 66.4 Å². The number of nitrogens with zero attached hydrogens (tertiary/aromatic N) is 2. The molecule has 0 saturated heterocycles. The number of carbonyl (C=O) groups excluding carboxylic acids is 1. The largest absolute Gasteiger partial charge is 0.297 e. The predicted molar refractivity (Wildman–Crippen MR) is 100.0 cm³/mol. The number of nitriles is 1. The van der Waals surface area contributed by atoms with Gasteiger partial charge in [-0.25, -0.2) is 9.37 Å². The first kappa shape index (κ1) is 17.5. The Labute approximate surface area is 154 Å². The number of nitrogens with one attached hydrogen (secondary N) is 1. The molecular formula is C20H14FN3OS. The highest BCUT2D eigenvalue weighted by Gasteiger charge is 2.12. The summed E-state index contributed by atoms with van der Waals surface area (Å²) in [4.78, 5) is 17.4. The molecule has 1 aromatic heterocycles. The number of halogens is 1. The molecule has 128 valence electrons. The number of aromatic nitrogens is 1. The van der Waals surface area contributed by atoms with Crippen LogP contribution in [-0.4, -0.2) is 10.9 Å². The lowest BCUT2D eigenvalue weighted by Crippen LogP contribution is -2.13. The van der Waals surface area contributed by atoms with E-state index in [0.717, 1.165) is 16.0 Å². The third-order valence-corrected chi connectivity index (χ3v) is 4.45. The normalized spacial score (nSPS) is 11.0. The van der Waals surface area contributed by atoms with Gasteiger partial charge in [-0.2, -0.15) is 5.26 Å². The molecule has 3 rings (SSSR count). The molecule has 0 aliphatic heterocycles. The minimum atomic E-state index is -0.501. The van der Waals surface area contributed by atoms with Crippen LogP contribution in [0, 0.1) is 17.1 Å². The van der Waals surface area contributed by atoms with Crippen LogP contribution in [0.3, 0.4) is 0 Å². The molecular weight excluding hydrogens is 349 g/mol. The van der Waals surface area contributed by atoms with Crippen LogP contribution in [0.25, 0.3) is 6.08 Å². The minimum Gasteiger partial charge on any atom is -0.297 e. The molecule has 4 nitrogen and oxygen atoms in total. The van der Waals surface area contributed by atoms with Crippen LogP contribution in [0.4, 0.5) is 9.52 Å². The van der Waals surface area contributed by atoms with Crippen molar-refractivity contribution in [2.45, 2.75) is 6.42 Å². The number of amides is 1. The molecule has 0 radical (unpaired) electrons. The van der Waals surface area contributed by atoms with Gasteiger partial charge in [-0.15, -0.1) is 11.3 Å². The third-order valence-electron chi connectivity index (χ3n) is 3.54. The van der Waals surface area contributed by atoms with Crippen LogP contribution in [0.2, 0.25) is 0 Å². The number of rotatable bonds is 5. The molecule has 0 atom stereocenters. The lowest BCUT2D eigenvalue weighted by molar-refractivity contribution is -0.112. The average Bonchev–Trinajstić information content (AvgIpc) is 3.09. The van der Waals surface area contributed by atoms with E-state index in [4.69, 9.17) is 0 Å². The lowest BCUT2D eigenvalue weighted by atomic mass is 10.1. The third kappa shape index (κ3) is 4.62. The Hall–Kier alpha value is -3.30. The van der Waals surface area contributed by atoms with Gasteiger partial charge in [0.15, 0.2) is 5.13 Å². The van der Waals surface area contributed by atoms with E-state index < -0.39 is 5.91 Å². The molecule has 0 bridgehead atoms. The number of carbonyl (C=O) groups is 1. The van der Waals surface area contributed by atoms with Crippen molar-refractivity contribution >= 4 is 28.5 Å². The van der Waals surface area contributed by atoms with Gasteiger partial charge in [0.05, 0.1) is 0 Å². The number of anilines is 1. The highest BCUT2D eigenvalue weighted by Crippen LogP contribution is 2.22. The van der Waals surface area contributed by atoms with E-state index in [0.29, 0.717) is 11.6 Å². The summed E-state index contributed by atoms with van der Waals surface area (Å²) < 4.78 is 12.9. The summed E-state index contributed by atoms with van der Waals surface area (Å²) in [5, 5.41) is 12.3. The molecule has 1 amide bonds. The van der Waals surface area contributed by atoms with Crippen molar-refractivity contribution in [2.75, 3.05) is 5.32 Å². The zero-order valence-electron chi connectivity index (χ0n) is 13.6. The monoisotopic (exact) mass is 363 g/mol. The summed E-state index contributed by atoms with van der Waals surface area (Å²) in [5.74, 6) is -0.778. The van der Waals surface area contributed by atoms with Gasteiger partial charge in [-0.05, 0) is 29.3 Å². The van der Waals surface area contributed by atoms with Gasteiger partial charge in [0.2, 0.25) is 0 Å². The van der Waals surface area contributed by atoms with Gasteiger partial charge >= 0.3 is 0 Å². The molecule has 1 heterocycles. The minimum absolute atomic E-state index is 0.00600. The summed E-state index contributed by atoms with van der Waals surface area (Å²) in [6.45, 7) is 0. The SMILES string of the molecule is N#CC(=Cc1ccccc1)C(=O)Nc1ncc(Cc2ccc(F)cc2)s1. The van der Waals surface area contributed by atoms with E-state index in [1.165, 1.54) is 29.5 Å². The Bertz CT molecular complexity index is 972. The molecule has 0 fully saturated rings. The zero-order chi connectivity index (χ0) is 18.4. The first-order valence-corrected chi connectivity index (χ1v) is 8.63. The Kier molecular flexibility index (Phi) is 5.52. The van der Waals surface area contributed by atoms with Gasteiger partial charge in [0.25, 0.3) is 5.91 Å². The summed E-state index contributed by atoms with van der Waals surface area (Å²) in [6.07, 6.45) is 3.79. The van der Waals surface area contributed by atoms with E-state index in [-0.39, 0.29) is 11.4 Å². The first-order valence-electron chi connectivity index (χ1n) is 7.81. The Morgan fingerprint density at radius 1 is 1.19 bits per heavy atom. The molecule has 6 heteroatoms. The maximum Gasteiger partial charge on any atom is 0.268 e. The fourth-order valence-electron chi connectivity index (χ4n) is 2.28. The van der Waals surface area contributed by atoms with Crippen molar-refractivity contribution < 1.29 is 9.18 Å². The molecule has 0 aliphatic carbocycles. The molecule has 0 saturated carbocycles. The van der Waals surface area contributed by atoms with E-state index in [2.05, 4.69) is 10.3 Å². The molecule has 0 unspecified atom stereocenters. The van der Waals surface area contributed by atoms with Gasteiger partial charge in [0.1, 0.15) is 17.5 Å². The Morgan fingerprint density at radius 3 is 2.62 bits per heavy atom. The molecule has 26 heavy (non-hydrogen) atoms. The summed E-state index contributed by atoms with van der Waals surface area (Å²) in [6, 6.07) is 17.3. The van der Waals surface area contributed by atoms with Gasteiger partial charge in [-0.1, -0.05) is 42.5 Å². The second-order valence-corrected chi connectivity index (χ2v) is 6.58. The van der Waals surface area contributed by atoms with Crippen molar-refractivity contribution in [3.05, 3.63) is 88.2 Å². The van der Waals surface area contributed by atoms with E-state index >= 15 is 0 Å². The molecule has 1 N–H and O–H groups in total. The van der Waals surface area contributed by atoms with Crippen molar-refractivity contribution in [2.24, 2.45) is 0 Å². The summed E-state index contributed by atoms with van der Waals surface area (Å²) in [7, 11) is 0. The molecule has 3 aromatic rings. The second-order valence-electron chi connectivity index (χ2n) is 5.47. The van der Waals surface area contributed by atoms with Gasteiger partial charge in [0, 0.05) is 17.5 Å². The molecule has 0 spiro atoms. The number of thiazole rings is 1. The van der Waals surface area contributed by atoms with Crippen molar-refractivity contribution in [3.8, 4) is 6.07 Å². The highest BCUT2D eigenvalue weighted by molar-refractivity contribution is 7.15. The van der Waals surface area contributed by atoms with Gasteiger partial charge < -0.3 is 0 Å². The van der Waals surface area contributed by atoms with E-state index in [9.17, 15) is 14.4 Å². The zero-order valence-corrected chi connectivity index (χ0v) is 14.5. The van der Waals surface area contributed by atoms with Crippen LogP contribution < -0.4 is 5.32 Å². The summed E-state index contributed by atoms with van der Waals surface area (Å²) >= 11 is 1.32. The van der Waals surface area contributed by atoms with Crippen LogP contribution in [0.1, 0.15) is 16.0 Å². The second kappa shape index (κ2) is 8.19. The fraction of sp³-hybridized carbons (Fsp3) is 0.0500. The smallest absolute Gasteiger partial charge is 0.268 e. The Morgan fingerprint density at radius 2 is 1.92 bits per heavy atom. The predicted octanol–water partition coefficient (Wildman–Crippen LogP) is 4.42. The molecule has 0 aliphatic rings. The maximum absolute atomic E-state index is 12.9.